The largest absolute Gasteiger partial charge is 0.352 e. The highest BCUT2D eigenvalue weighted by Crippen LogP contribution is 2.47. The summed E-state index contributed by atoms with van der Waals surface area (Å²) in [6, 6.07) is 9.74. The maximum absolute atomic E-state index is 13.3. The molecule has 2 amide bonds. The van der Waals surface area contributed by atoms with Crippen LogP contribution in [-0.2, 0) is 16.8 Å². The van der Waals surface area contributed by atoms with E-state index in [1.54, 1.807) is 11.1 Å². The molecule has 0 aliphatic carbocycles. The molecule has 1 N–H and O–H groups in total. The maximum Gasteiger partial charge on any atom is 0.251 e. The van der Waals surface area contributed by atoms with Gasteiger partial charge < -0.3 is 10.2 Å². The highest BCUT2D eigenvalue weighted by Gasteiger charge is 2.51. The van der Waals surface area contributed by atoms with Crippen molar-refractivity contribution in [3.63, 3.8) is 0 Å². The highest BCUT2D eigenvalue weighted by atomic mass is 16.2. The van der Waals surface area contributed by atoms with E-state index in [2.05, 4.69) is 35.1 Å². The standard InChI is InChI=1S/C24H30N4O2/c1-17(2)14-26-22(29)19-6-7-21-20(13-19)24(23(30)27(21)3)8-11-28(12-9-24)16-18-5-4-10-25-15-18/h4-7,10,13,15,17H,8-9,11-12,14,16H2,1-3H3,(H,26,29). The van der Waals surface area contributed by atoms with Crippen molar-refractivity contribution in [3.05, 3.63) is 59.4 Å². The SMILES string of the molecule is CC(C)CNC(=O)c1ccc2c(c1)C1(CCN(Cc3cccnc3)CC1)C(=O)N2C. The lowest BCUT2D eigenvalue weighted by Gasteiger charge is -2.38. The van der Waals surface area contributed by atoms with Crippen LogP contribution in [0.4, 0.5) is 5.69 Å². The molecule has 0 atom stereocenters. The van der Waals surface area contributed by atoms with Crippen LogP contribution < -0.4 is 10.2 Å². The summed E-state index contributed by atoms with van der Waals surface area (Å²) in [5.41, 5.74) is 3.24. The summed E-state index contributed by atoms with van der Waals surface area (Å²) in [5.74, 6) is 0.475. The summed E-state index contributed by atoms with van der Waals surface area (Å²) < 4.78 is 0. The Labute approximate surface area is 178 Å². The van der Waals surface area contributed by atoms with Gasteiger partial charge in [0.1, 0.15) is 0 Å². The molecule has 1 aromatic carbocycles. The number of piperidine rings is 1. The molecule has 0 bridgehead atoms. The highest BCUT2D eigenvalue weighted by molar-refractivity contribution is 6.09. The van der Waals surface area contributed by atoms with Crippen molar-refractivity contribution in [1.82, 2.24) is 15.2 Å². The van der Waals surface area contributed by atoms with Crippen LogP contribution >= 0.6 is 0 Å². The average Bonchev–Trinajstić information content (AvgIpc) is 2.96. The lowest BCUT2D eigenvalue weighted by atomic mass is 9.73. The molecule has 4 rings (SSSR count). The summed E-state index contributed by atoms with van der Waals surface area (Å²) in [4.78, 5) is 34.3. The van der Waals surface area contributed by atoms with E-state index in [1.807, 2.05) is 37.5 Å². The number of anilines is 1. The molecule has 3 heterocycles. The second-order valence-electron chi connectivity index (χ2n) is 8.92. The summed E-state index contributed by atoms with van der Waals surface area (Å²) >= 11 is 0. The van der Waals surface area contributed by atoms with Gasteiger partial charge in [-0.25, -0.2) is 0 Å². The van der Waals surface area contributed by atoms with Crippen molar-refractivity contribution < 1.29 is 9.59 Å². The van der Waals surface area contributed by atoms with Crippen LogP contribution in [0.5, 0.6) is 0 Å². The molecule has 6 nitrogen and oxygen atoms in total. The molecule has 1 fully saturated rings. The number of nitrogens with one attached hydrogen (secondary N) is 1. The van der Waals surface area contributed by atoms with Gasteiger partial charge in [0.05, 0.1) is 5.41 Å². The molecule has 2 aliphatic heterocycles. The predicted octanol–water partition coefficient (Wildman–Crippen LogP) is 2.98. The number of likely N-dealkylation sites (tertiary alicyclic amines) is 1. The maximum atomic E-state index is 13.3. The van der Waals surface area contributed by atoms with Crippen LogP contribution in [0.25, 0.3) is 0 Å². The average molecular weight is 407 g/mol. The van der Waals surface area contributed by atoms with Gasteiger partial charge in [0.25, 0.3) is 5.91 Å². The number of aromatic nitrogens is 1. The molecular formula is C24H30N4O2. The zero-order valence-electron chi connectivity index (χ0n) is 18.0. The molecule has 6 heteroatoms. The van der Waals surface area contributed by atoms with E-state index >= 15 is 0 Å². The molecule has 2 aromatic rings. The molecule has 2 aliphatic rings. The van der Waals surface area contributed by atoms with E-state index in [9.17, 15) is 9.59 Å². The molecule has 0 unspecified atom stereocenters. The third-order valence-electron chi connectivity index (χ3n) is 6.36. The van der Waals surface area contributed by atoms with Gasteiger partial charge in [0, 0.05) is 43.8 Å². The number of likely N-dealkylation sites (N-methyl/N-ethyl adjacent to an activating group) is 1. The number of hydrogen-bond donors (Lipinski definition) is 1. The van der Waals surface area contributed by atoms with E-state index in [4.69, 9.17) is 0 Å². The fourth-order valence-electron chi connectivity index (χ4n) is 4.62. The third kappa shape index (κ3) is 3.72. The normalized spacial score (nSPS) is 18.1. The first-order valence-electron chi connectivity index (χ1n) is 10.7. The predicted molar refractivity (Wildman–Crippen MR) is 117 cm³/mol. The summed E-state index contributed by atoms with van der Waals surface area (Å²) in [5, 5.41) is 2.99. The third-order valence-corrected chi connectivity index (χ3v) is 6.36. The van der Waals surface area contributed by atoms with Crippen molar-refractivity contribution in [2.24, 2.45) is 5.92 Å². The van der Waals surface area contributed by atoms with Crippen molar-refractivity contribution in [1.29, 1.82) is 0 Å². The van der Waals surface area contributed by atoms with Gasteiger partial charge in [-0.05, 0) is 67.2 Å². The Balaban J connectivity index is 1.54. The lowest BCUT2D eigenvalue weighted by Crippen LogP contribution is -2.47. The number of carbonyl (C=O) groups excluding carboxylic acids is 2. The van der Waals surface area contributed by atoms with E-state index < -0.39 is 5.41 Å². The minimum atomic E-state index is -0.524. The summed E-state index contributed by atoms with van der Waals surface area (Å²) in [6.07, 6.45) is 5.21. The van der Waals surface area contributed by atoms with Crippen LogP contribution in [0.1, 0.15) is 48.2 Å². The van der Waals surface area contributed by atoms with E-state index in [0.717, 1.165) is 43.7 Å². The Hall–Kier alpha value is -2.73. The number of hydrogen-bond acceptors (Lipinski definition) is 4. The van der Waals surface area contributed by atoms with Gasteiger partial charge in [0.15, 0.2) is 0 Å². The molecule has 1 aromatic heterocycles. The minimum absolute atomic E-state index is 0.0716. The smallest absolute Gasteiger partial charge is 0.251 e. The molecule has 158 valence electrons. The van der Waals surface area contributed by atoms with Gasteiger partial charge in [0.2, 0.25) is 5.91 Å². The zero-order chi connectivity index (χ0) is 21.3. The summed E-state index contributed by atoms with van der Waals surface area (Å²) in [7, 11) is 1.84. The second kappa shape index (κ2) is 8.19. The van der Waals surface area contributed by atoms with Gasteiger partial charge in [-0.2, -0.15) is 0 Å². The minimum Gasteiger partial charge on any atom is -0.352 e. The van der Waals surface area contributed by atoms with Crippen LogP contribution in [0, 0.1) is 5.92 Å². The van der Waals surface area contributed by atoms with Crippen molar-refractivity contribution in [3.8, 4) is 0 Å². The van der Waals surface area contributed by atoms with Gasteiger partial charge in [-0.15, -0.1) is 0 Å². The zero-order valence-corrected chi connectivity index (χ0v) is 18.0. The van der Waals surface area contributed by atoms with E-state index in [0.29, 0.717) is 18.0 Å². The van der Waals surface area contributed by atoms with E-state index in [1.165, 1.54) is 5.56 Å². The van der Waals surface area contributed by atoms with Gasteiger partial charge >= 0.3 is 0 Å². The second-order valence-corrected chi connectivity index (χ2v) is 8.92. The first-order chi connectivity index (χ1) is 14.4. The molecule has 30 heavy (non-hydrogen) atoms. The van der Waals surface area contributed by atoms with Crippen molar-refractivity contribution in [2.45, 2.75) is 38.6 Å². The first kappa shape index (κ1) is 20.5. The Kier molecular flexibility index (Phi) is 5.60. The number of rotatable bonds is 5. The van der Waals surface area contributed by atoms with Crippen LogP contribution in [0.3, 0.4) is 0 Å². The molecule has 0 saturated carbocycles. The molecule has 0 radical (unpaired) electrons. The van der Waals surface area contributed by atoms with Crippen molar-refractivity contribution >= 4 is 17.5 Å². The van der Waals surface area contributed by atoms with Crippen LogP contribution in [-0.4, -0.2) is 48.4 Å². The van der Waals surface area contributed by atoms with Gasteiger partial charge in [-0.3, -0.25) is 19.5 Å². The van der Waals surface area contributed by atoms with Gasteiger partial charge in [-0.1, -0.05) is 19.9 Å². The molecule has 1 saturated heterocycles. The number of pyridine rings is 1. The summed E-state index contributed by atoms with van der Waals surface area (Å²) in [6.45, 7) is 7.33. The monoisotopic (exact) mass is 406 g/mol. The van der Waals surface area contributed by atoms with E-state index in [-0.39, 0.29) is 11.8 Å². The quantitative estimate of drug-likeness (QED) is 0.829. The number of benzene rings is 1. The Bertz CT molecular complexity index is 933. The van der Waals surface area contributed by atoms with Crippen molar-refractivity contribution in [2.75, 3.05) is 31.6 Å². The molecular weight excluding hydrogens is 376 g/mol. The number of amides is 2. The number of carbonyl (C=O) groups is 2. The fraction of sp³-hybridized carbons (Fsp3) is 0.458. The molecule has 1 spiro atoms. The number of fused-ring (bicyclic) bond motifs is 2. The Morgan fingerprint density at radius 2 is 2.00 bits per heavy atom. The Morgan fingerprint density at radius 1 is 1.23 bits per heavy atom. The number of nitrogens with zero attached hydrogens (tertiary/aromatic N) is 3. The lowest BCUT2D eigenvalue weighted by molar-refractivity contribution is -0.124. The topological polar surface area (TPSA) is 65.5 Å². The van der Waals surface area contributed by atoms with Crippen LogP contribution in [0.15, 0.2) is 42.7 Å². The Morgan fingerprint density at radius 3 is 2.67 bits per heavy atom. The fourth-order valence-corrected chi connectivity index (χ4v) is 4.62. The van der Waals surface area contributed by atoms with Crippen LogP contribution in [0.2, 0.25) is 0 Å². The first-order valence-corrected chi connectivity index (χ1v) is 10.7.